The number of ether oxygens (including phenoxy) is 2. The third kappa shape index (κ3) is 3.63. The molecule has 0 N–H and O–H groups in total. The summed E-state index contributed by atoms with van der Waals surface area (Å²) in [4.78, 5) is 9.70. The molecule has 1 aliphatic heterocycles. The van der Waals surface area contributed by atoms with Gasteiger partial charge in [-0.25, -0.2) is 4.98 Å². The summed E-state index contributed by atoms with van der Waals surface area (Å²) in [6, 6.07) is 10.8. The average Bonchev–Trinajstić information content (AvgIpc) is 3.20. The molecule has 0 amide bonds. The molecule has 0 radical (unpaired) electrons. The number of hydrogen-bond donors (Lipinski definition) is 0. The molecule has 4 rings (SSSR count). The Hall–Kier alpha value is -1.43. The summed E-state index contributed by atoms with van der Waals surface area (Å²) >= 11 is 1.91. The van der Waals surface area contributed by atoms with Crippen molar-refractivity contribution in [2.24, 2.45) is 5.92 Å². The van der Waals surface area contributed by atoms with E-state index in [0.717, 1.165) is 45.0 Å². The third-order valence-electron chi connectivity index (χ3n) is 5.01. The number of rotatable bonds is 5. The number of thiophene rings is 1. The first-order valence-corrected chi connectivity index (χ1v) is 9.54. The normalized spacial score (nSPS) is 27.1. The Balaban J connectivity index is 1.35. The highest BCUT2D eigenvalue weighted by Crippen LogP contribution is 2.35. The summed E-state index contributed by atoms with van der Waals surface area (Å²) in [5.74, 6) is 1.27. The standard InChI is InChI=1S/C19H24N2O2S/c1-14-5-6-16(24-14)12-21-8-9-22-18-11-15(10-17(18)21)13-23-19-4-2-3-7-20-19/h2-7,15,17-18H,8-13H2,1H3/t15-,17-,18+/m0/s1. The number of pyridine rings is 1. The molecule has 3 heterocycles. The van der Waals surface area contributed by atoms with Gasteiger partial charge in [0.1, 0.15) is 0 Å². The van der Waals surface area contributed by atoms with Crippen molar-refractivity contribution < 1.29 is 9.47 Å². The molecule has 2 aromatic rings. The molecule has 1 aliphatic carbocycles. The van der Waals surface area contributed by atoms with Crippen molar-refractivity contribution in [2.75, 3.05) is 19.8 Å². The number of fused-ring (bicyclic) bond motifs is 1. The number of nitrogens with zero attached hydrogens (tertiary/aromatic N) is 2. The van der Waals surface area contributed by atoms with Crippen molar-refractivity contribution in [2.45, 2.75) is 38.5 Å². The molecule has 0 unspecified atom stereocenters. The Bertz CT molecular complexity index is 660. The number of hydrogen-bond acceptors (Lipinski definition) is 5. The quantitative estimate of drug-likeness (QED) is 0.831. The zero-order valence-corrected chi connectivity index (χ0v) is 14.9. The molecule has 2 aliphatic rings. The maximum absolute atomic E-state index is 6.05. The van der Waals surface area contributed by atoms with Gasteiger partial charge in [0.15, 0.2) is 0 Å². The van der Waals surface area contributed by atoms with Crippen molar-refractivity contribution in [1.29, 1.82) is 0 Å². The van der Waals surface area contributed by atoms with E-state index in [1.165, 1.54) is 9.75 Å². The Morgan fingerprint density at radius 1 is 1.29 bits per heavy atom. The minimum atomic E-state index is 0.358. The first-order chi connectivity index (χ1) is 11.8. The lowest BCUT2D eigenvalue weighted by molar-refractivity contribution is -0.0587. The molecule has 0 aromatic carbocycles. The van der Waals surface area contributed by atoms with Gasteiger partial charge in [-0.15, -0.1) is 11.3 Å². The summed E-state index contributed by atoms with van der Waals surface area (Å²) in [5.41, 5.74) is 0. The van der Waals surface area contributed by atoms with Crippen molar-refractivity contribution in [3.8, 4) is 5.88 Å². The molecule has 0 bridgehead atoms. The lowest BCUT2D eigenvalue weighted by Gasteiger charge is -2.37. The molecule has 2 aromatic heterocycles. The lowest BCUT2D eigenvalue weighted by Crippen LogP contribution is -2.47. The van der Waals surface area contributed by atoms with Crippen LogP contribution in [0.2, 0.25) is 0 Å². The lowest BCUT2D eigenvalue weighted by atomic mass is 10.1. The van der Waals surface area contributed by atoms with Crippen molar-refractivity contribution in [3.63, 3.8) is 0 Å². The van der Waals surface area contributed by atoms with E-state index in [2.05, 4.69) is 28.9 Å². The van der Waals surface area contributed by atoms with Crippen LogP contribution in [0, 0.1) is 12.8 Å². The minimum Gasteiger partial charge on any atom is -0.477 e. The highest BCUT2D eigenvalue weighted by Gasteiger charge is 2.41. The van der Waals surface area contributed by atoms with Gasteiger partial charge in [-0.3, -0.25) is 4.90 Å². The van der Waals surface area contributed by atoms with Crippen molar-refractivity contribution in [3.05, 3.63) is 46.3 Å². The van der Waals surface area contributed by atoms with E-state index in [0.29, 0.717) is 18.1 Å². The van der Waals surface area contributed by atoms with Crippen molar-refractivity contribution in [1.82, 2.24) is 9.88 Å². The van der Waals surface area contributed by atoms with Crippen LogP contribution < -0.4 is 4.74 Å². The van der Waals surface area contributed by atoms with Crippen LogP contribution in [-0.2, 0) is 11.3 Å². The SMILES string of the molecule is Cc1ccc(CN2CCO[C@@H]3C[C@@H](COc4ccccn4)C[C@@H]32)s1. The first kappa shape index (κ1) is 16.1. The van der Waals surface area contributed by atoms with E-state index in [1.807, 2.05) is 29.5 Å². The van der Waals surface area contributed by atoms with Crippen LogP contribution in [-0.4, -0.2) is 41.8 Å². The first-order valence-electron chi connectivity index (χ1n) is 8.73. The smallest absolute Gasteiger partial charge is 0.213 e. The van der Waals surface area contributed by atoms with Gasteiger partial charge >= 0.3 is 0 Å². The molecule has 4 nitrogen and oxygen atoms in total. The molecule has 128 valence electrons. The summed E-state index contributed by atoms with van der Waals surface area (Å²) in [6.07, 6.45) is 4.38. The summed E-state index contributed by atoms with van der Waals surface area (Å²) in [6.45, 7) is 5.85. The zero-order chi connectivity index (χ0) is 16.4. The van der Waals surface area contributed by atoms with Gasteiger partial charge in [0.25, 0.3) is 0 Å². The molecule has 2 fully saturated rings. The summed E-state index contributed by atoms with van der Waals surface area (Å²) in [7, 11) is 0. The topological polar surface area (TPSA) is 34.6 Å². The highest BCUT2D eigenvalue weighted by molar-refractivity contribution is 7.11. The monoisotopic (exact) mass is 344 g/mol. The average molecular weight is 344 g/mol. The molecular weight excluding hydrogens is 320 g/mol. The Kier molecular flexibility index (Phi) is 4.83. The largest absolute Gasteiger partial charge is 0.477 e. The zero-order valence-electron chi connectivity index (χ0n) is 14.1. The maximum Gasteiger partial charge on any atom is 0.213 e. The fourth-order valence-corrected chi connectivity index (χ4v) is 4.78. The molecule has 1 saturated carbocycles. The van der Waals surface area contributed by atoms with Crippen LogP contribution in [0.15, 0.2) is 36.5 Å². The van der Waals surface area contributed by atoms with Gasteiger partial charge in [-0.1, -0.05) is 6.07 Å². The molecule has 1 saturated heterocycles. The maximum atomic E-state index is 6.05. The molecule has 0 spiro atoms. The van der Waals surface area contributed by atoms with Gasteiger partial charge in [-0.05, 0) is 43.9 Å². The Morgan fingerprint density at radius 3 is 3.04 bits per heavy atom. The third-order valence-corrected chi connectivity index (χ3v) is 5.99. The van der Waals surface area contributed by atoms with Crippen LogP contribution >= 0.6 is 11.3 Å². The molecule has 3 atom stereocenters. The van der Waals surface area contributed by atoms with Gasteiger partial charge in [0, 0.05) is 41.1 Å². The fourth-order valence-electron chi connectivity index (χ4n) is 3.86. The second-order valence-electron chi connectivity index (χ2n) is 6.78. The van der Waals surface area contributed by atoms with Crippen LogP contribution in [0.25, 0.3) is 0 Å². The number of aryl methyl sites for hydroxylation is 1. The number of aromatic nitrogens is 1. The van der Waals surface area contributed by atoms with Crippen LogP contribution in [0.4, 0.5) is 0 Å². The van der Waals surface area contributed by atoms with Crippen LogP contribution in [0.3, 0.4) is 0 Å². The molecular formula is C19H24N2O2S. The predicted molar refractivity (Wildman–Crippen MR) is 95.5 cm³/mol. The fraction of sp³-hybridized carbons (Fsp3) is 0.526. The second-order valence-corrected chi connectivity index (χ2v) is 8.15. The second kappa shape index (κ2) is 7.21. The molecule has 24 heavy (non-hydrogen) atoms. The van der Waals surface area contributed by atoms with Gasteiger partial charge in [0.05, 0.1) is 19.3 Å². The highest BCUT2D eigenvalue weighted by atomic mass is 32.1. The van der Waals surface area contributed by atoms with Gasteiger partial charge in [0.2, 0.25) is 5.88 Å². The predicted octanol–water partition coefficient (Wildman–Crippen LogP) is 3.51. The Labute approximate surface area is 147 Å². The van der Waals surface area contributed by atoms with E-state index in [4.69, 9.17) is 9.47 Å². The van der Waals surface area contributed by atoms with Crippen LogP contribution in [0.5, 0.6) is 5.88 Å². The van der Waals surface area contributed by atoms with E-state index in [1.54, 1.807) is 6.20 Å². The Morgan fingerprint density at radius 2 is 2.25 bits per heavy atom. The molecule has 5 heteroatoms. The minimum absolute atomic E-state index is 0.358. The van der Waals surface area contributed by atoms with Crippen LogP contribution in [0.1, 0.15) is 22.6 Å². The summed E-state index contributed by atoms with van der Waals surface area (Å²) in [5, 5.41) is 0. The van der Waals surface area contributed by atoms with E-state index < -0.39 is 0 Å². The van der Waals surface area contributed by atoms with Gasteiger partial charge in [-0.2, -0.15) is 0 Å². The van der Waals surface area contributed by atoms with Gasteiger partial charge < -0.3 is 9.47 Å². The van der Waals surface area contributed by atoms with E-state index in [9.17, 15) is 0 Å². The van der Waals surface area contributed by atoms with E-state index in [-0.39, 0.29) is 0 Å². The summed E-state index contributed by atoms with van der Waals surface area (Å²) < 4.78 is 11.9. The number of morpholine rings is 1. The van der Waals surface area contributed by atoms with E-state index >= 15 is 0 Å². The van der Waals surface area contributed by atoms with Crippen molar-refractivity contribution >= 4 is 11.3 Å².